The maximum atomic E-state index is 12.9. The van der Waals surface area contributed by atoms with E-state index in [0.29, 0.717) is 30.0 Å². The van der Waals surface area contributed by atoms with Crippen LogP contribution in [-0.4, -0.2) is 35.5 Å². The molecule has 4 rings (SSSR count). The van der Waals surface area contributed by atoms with Gasteiger partial charge >= 0.3 is 6.09 Å². The second kappa shape index (κ2) is 8.60. The largest absolute Gasteiger partial charge is 0.444 e. The zero-order valence-electron chi connectivity index (χ0n) is 19.8. The van der Waals surface area contributed by atoms with Crippen LogP contribution >= 0.6 is 0 Å². The molecule has 2 aliphatic carbocycles. The lowest BCUT2D eigenvalue weighted by Crippen LogP contribution is -2.46. The number of carbonyl (C=O) groups excluding carboxylic acids is 2. The van der Waals surface area contributed by atoms with Crippen molar-refractivity contribution in [2.24, 2.45) is 11.8 Å². The first kappa shape index (κ1) is 22.4. The topological polar surface area (TPSA) is 46.6 Å². The fraction of sp³-hybridized carbons (Fsp3) is 0.704. The SMILES string of the molecule is CC(CC(=O)C1CCCC1)[C@H]1CC2(CCN(C(=O)OC(C)(C)C)CC2)c2ccccc21. The molecule has 1 aromatic carbocycles. The summed E-state index contributed by atoms with van der Waals surface area (Å²) in [4.78, 5) is 27.3. The molecule has 0 bridgehead atoms. The zero-order valence-corrected chi connectivity index (χ0v) is 19.8. The zero-order chi connectivity index (χ0) is 22.2. The Morgan fingerprint density at radius 1 is 1.13 bits per heavy atom. The lowest BCUT2D eigenvalue weighted by molar-refractivity contribution is -0.123. The molecule has 1 saturated heterocycles. The molecule has 2 fully saturated rings. The summed E-state index contributed by atoms with van der Waals surface area (Å²) in [5, 5.41) is 0. The molecule has 2 atom stereocenters. The summed E-state index contributed by atoms with van der Waals surface area (Å²) >= 11 is 0. The van der Waals surface area contributed by atoms with Gasteiger partial charge in [-0.3, -0.25) is 4.79 Å². The smallest absolute Gasteiger partial charge is 0.410 e. The third-order valence-corrected chi connectivity index (χ3v) is 7.94. The van der Waals surface area contributed by atoms with E-state index in [-0.39, 0.29) is 11.5 Å². The number of nitrogens with zero attached hydrogens (tertiary/aromatic N) is 1. The molecular weight excluding hydrogens is 386 g/mol. The van der Waals surface area contributed by atoms with Crippen molar-refractivity contribution < 1.29 is 14.3 Å². The van der Waals surface area contributed by atoms with Crippen LogP contribution in [0.2, 0.25) is 0 Å². The summed E-state index contributed by atoms with van der Waals surface area (Å²) in [5.41, 5.74) is 2.58. The average molecular weight is 426 g/mol. The number of amides is 1. The molecule has 4 heteroatoms. The van der Waals surface area contributed by atoms with Crippen molar-refractivity contribution in [1.29, 1.82) is 0 Å². The van der Waals surface area contributed by atoms with Gasteiger partial charge in [-0.1, -0.05) is 44.0 Å². The molecule has 170 valence electrons. The Kier molecular flexibility index (Phi) is 6.20. The molecular formula is C27H39NO3. The van der Waals surface area contributed by atoms with Crippen LogP contribution in [0.3, 0.4) is 0 Å². The molecule has 0 aromatic heterocycles. The minimum Gasteiger partial charge on any atom is -0.444 e. The monoisotopic (exact) mass is 425 g/mol. The molecule has 1 saturated carbocycles. The van der Waals surface area contributed by atoms with Gasteiger partial charge in [0.2, 0.25) is 0 Å². The van der Waals surface area contributed by atoms with Crippen molar-refractivity contribution in [1.82, 2.24) is 4.90 Å². The quantitative estimate of drug-likeness (QED) is 0.574. The minimum absolute atomic E-state index is 0.129. The normalized spacial score (nSPS) is 24.3. The summed E-state index contributed by atoms with van der Waals surface area (Å²) in [6.07, 6.45) is 8.20. The lowest BCUT2D eigenvalue weighted by atomic mass is 9.72. The molecule has 1 spiro atoms. The second-order valence-corrected chi connectivity index (χ2v) is 11.3. The maximum Gasteiger partial charge on any atom is 0.410 e. The fourth-order valence-corrected chi connectivity index (χ4v) is 6.24. The highest BCUT2D eigenvalue weighted by atomic mass is 16.6. The highest BCUT2D eigenvalue weighted by molar-refractivity contribution is 5.81. The number of benzene rings is 1. The van der Waals surface area contributed by atoms with Crippen molar-refractivity contribution in [2.45, 2.75) is 96.0 Å². The van der Waals surface area contributed by atoms with Crippen LogP contribution in [0.4, 0.5) is 4.79 Å². The number of carbonyl (C=O) groups is 2. The second-order valence-electron chi connectivity index (χ2n) is 11.3. The van der Waals surface area contributed by atoms with Crippen molar-refractivity contribution in [3.63, 3.8) is 0 Å². The first-order valence-electron chi connectivity index (χ1n) is 12.3. The Hall–Kier alpha value is -1.84. The summed E-state index contributed by atoms with van der Waals surface area (Å²) in [6, 6.07) is 8.87. The Labute approximate surface area is 187 Å². The number of rotatable bonds is 4. The maximum absolute atomic E-state index is 12.9. The predicted molar refractivity (Wildman–Crippen MR) is 123 cm³/mol. The van der Waals surface area contributed by atoms with Gasteiger partial charge in [-0.2, -0.15) is 0 Å². The number of ether oxygens (including phenoxy) is 1. The molecule has 3 aliphatic rings. The van der Waals surface area contributed by atoms with E-state index in [1.165, 1.54) is 24.0 Å². The predicted octanol–water partition coefficient (Wildman–Crippen LogP) is 6.23. The lowest BCUT2D eigenvalue weighted by Gasteiger charge is -2.41. The molecule has 0 N–H and O–H groups in total. The number of Topliss-reactive ketones (excluding diaryl/α,β-unsaturated/α-hetero) is 1. The summed E-state index contributed by atoms with van der Waals surface area (Å²) in [6.45, 7) is 9.52. The number of likely N-dealkylation sites (tertiary alicyclic amines) is 1. The van der Waals surface area contributed by atoms with Gasteiger partial charge < -0.3 is 9.64 Å². The van der Waals surface area contributed by atoms with Crippen molar-refractivity contribution in [3.05, 3.63) is 35.4 Å². The molecule has 1 amide bonds. The average Bonchev–Trinajstić information content (AvgIpc) is 3.35. The molecule has 1 aliphatic heterocycles. The van der Waals surface area contributed by atoms with E-state index >= 15 is 0 Å². The van der Waals surface area contributed by atoms with Gasteiger partial charge in [-0.05, 0) is 81.3 Å². The van der Waals surface area contributed by atoms with E-state index in [1.807, 2.05) is 25.7 Å². The van der Waals surface area contributed by atoms with Gasteiger partial charge in [0.1, 0.15) is 11.4 Å². The number of hydrogen-bond donors (Lipinski definition) is 0. The molecule has 1 heterocycles. The molecule has 0 radical (unpaired) electrons. The van der Waals surface area contributed by atoms with Crippen molar-refractivity contribution in [2.75, 3.05) is 13.1 Å². The number of fused-ring (bicyclic) bond motifs is 2. The summed E-state index contributed by atoms with van der Waals surface area (Å²) in [7, 11) is 0. The van der Waals surface area contributed by atoms with E-state index in [4.69, 9.17) is 4.74 Å². The van der Waals surface area contributed by atoms with Crippen LogP contribution in [0.25, 0.3) is 0 Å². The third-order valence-electron chi connectivity index (χ3n) is 7.94. The van der Waals surface area contributed by atoms with E-state index in [2.05, 4.69) is 31.2 Å². The van der Waals surface area contributed by atoms with Crippen molar-refractivity contribution >= 4 is 11.9 Å². The van der Waals surface area contributed by atoms with Gasteiger partial charge in [0.15, 0.2) is 0 Å². The van der Waals surface area contributed by atoms with Gasteiger partial charge in [0, 0.05) is 25.4 Å². The Bertz CT molecular complexity index is 810. The van der Waals surface area contributed by atoms with Crippen LogP contribution < -0.4 is 0 Å². The first-order valence-corrected chi connectivity index (χ1v) is 12.3. The number of piperidine rings is 1. The van der Waals surface area contributed by atoms with Crippen LogP contribution in [0.1, 0.15) is 96.1 Å². The van der Waals surface area contributed by atoms with Gasteiger partial charge in [-0.25, -0.2) is 4.79 Å². The summed E-state index contributed by atoms with van der Waals surface area (Å²) in [5.74, 6) is 1.61. The first-order chi connectivity index (χ1) is 14.7. The third kappa shape index (κ3) is 4.68. The number of hydrogen-bond acceptors (Lipinski definition) is 3. The van der Waals surface area contributed by atoms with Crippen LogP contribution in [-0.2, 0) is 14.9 Å². The van der Waals surface area contributed by atoms with Gasteiger partial charge in [-0.15, -0.1) is 0 Å². The summed E-state index contributed by atoms with van der Waals surface area (Å²) < 4.78 is 5.60. The molecule has 1 aromatic rings. The molecule has 31 heavy (non-hydrogen) atoms. The molecule has 4 nitrogen and oxygen atoms in total. The molecule has 1 unspecified atom stereocenters. The van der Waals surface area contributed by atoms with Crippen LogP contribution in [0.5, 0.6) is 0 Å². The highest BCUT2D eigenvalue weighted by Gasteiger charge is 2.47. The van der Waals surface area contributed by atoms with Crippen LogP contribution in [0, 0.1) is 11.8 Å². The van der Waals surface area contributed by atoms with E-state index < -0.39 is 5.60 Å². The van der Waals surface area contributed by atoms with Crippen LogP contribution in [0.15, 0.2) is 24.3 Å². The van der Waals surface area contributed by atoms with E-state index in [1.54, 1.807) is 0 Å². The Balaban J connectivity index is 1.46. The van der Waals surface area contributed by atoms with E-state index in [0.717, 1.165) is 45.2 Å². The Morgan fingerprint density at radius 3 is 2.42 bits per heavy atom. The fourth-order valence-electron chi connectivity index (χ4n) is 6.24. The van der Waals surface area contributed by atoms with Crippen molar-refractivity contribution in [3.8, 4) is 0 Å². The Morgan fingerprint density at radius 2 is 1.77 bits per heavy atom. The van der Waals surface area contributed by atoms with E-state index in [9.17, 15) is 9.59 Å². The van der Waals surface area contributed by atoms with Gasteiger partial charge in [0.05, 0.1) is 0 Å². The highest BCUT2D eigenvalue weighted by Crippen LogP contribution is 2.54. The van der Waals surface area contributed by atoms with Gasteiger partial charge in [0.25, 0.3) is 0 Å². The number of ketones is 1. The standard InChI is InChI=1S/C27H39NO3/c1-19(17-24(29)20-9-5-6-10-20)22-18-27(23-12-8-7-11-21(22)23)13-15-28(16-14-27)25(30)31-26(2,3)4/h7-8,11-12,19-20,22H,5-6,9-10,13-18H2,1-4H3/t19?,22-/m1/s1. The minimum atomic E-state index is -0.460.